The number of sulfonamides is 1. The summed E-state index contributed by atoms with van der Waals surface area (Å²) in [5.74, 6) is -2.25. The molecule has 0 bridgehead atoms. The van der Waals surface area contributed by atoms with E-state index in [9.17, 15) is 17.6 Å². The molecule has 9 heteroatoms. The van der Waals surface area contributed by atoms with Gasteiger partial charge >= 0.3 is 5.97 Å². The van der Waals surface area contributed by atoms with Gasteiger partial charge in [0.1, 0.15) is 16.3 Å². The molecule has 110 valence electrons. The number of pyridine rings is 1. The normalized spacial score (nSPS) is 11.1. The van der Waals surface area contributed by atoms with E-state index in [1.807, 2.05) is 0 Å². The van der Waals surface area contributed by atoms with Gasteiger partial charge in [-0.3, -0.25) is 4.72 Å². The number of benzene rings is 1. The zero-order valence-corrected chi connectivity index (χ0v) is 12.6. The van der Waals surface area contributed by atoms with E-state index in [1.165, 1.54) is 18.3 Å². The van der Waals surface area contributed by atoms with Crippen LogP contribution in [0.1, 0.15) is 10.4 Å². The van der Waals surface area contributed by atoms with Crippen LogP contribution in [0.15, 0.2) is 45.9 Å². The van der Waals surface area contributed by atoms with Crippen molar-refractivity contribution < 1.29 is 22.7 Å². The minimum absolute atomic E-state index is 0.0165. The fourth-order valence-corrected chi connectivity index (χ4v) is 3.61. The van der Waals surface area contributed by atoms with Crippen molar-refractivity contribution in [3.05, 3.63) is 52.4 Å². The first-order valence-electron chi connectivity index (χ1n) is 5.47. The predicted molar refractivity (Wildman–Crippen MR) is 76.1 cm³/mol. The fraction of sp³-hybridized carbons (Fsp3) is 0. The molecule has 2 aromatic rings. The zero-order chi connectivity index (χ0) is 15.6. The van der Waals surface area contributed by atoms with Gasteiger partial charge in [-0.15, -0.1) is 0 Å². The van der Waals surface area contributed by atoms with Crippen molar-refractivity contribution in [2.75, 3.05) is 4.72 Å². The van der Waals surface area contributed by atoms with E-state index in [2.05, 4.69) is 25.6 Å². The number of aromatic carboxylic acids is 1. The molecule has 0 radical (unpaired) electrons. The van der Waals surface area contributed by atoms with Crippen molar-refractivity contribution in [2.24, 2.45) is 0 Å². The number of nitrogens with zero attached hydrogens (tertiary/aromatic N) is 1. The van der Waals surface area contributed by atoms with Crippen LogP contribution in [-0.2, 0) is 10.0 Å². The minimum Gasteiger partial charge on any atom is -0.478 e. The lowest BCUT2D eigenvalue weighted by molar-refractivity contribution is 0.0697. The van der Waals surface area contributed by atoms with Crippen molar-refractivity contribution >= 4 is 37.7 Å². The molecular weight excluding hydrogens is 367 g/mol. The van der Waals surface area contributed by atoms with E-state index >= 15 is 0 Å². The van der Waals surface area contributed by atoms with Crippen molar-refractivity contribution in [2.45, 2.75) is 4.90 Å². The maximum atomic E-state index is 13.0. The van der Waals surface area contributed by atoms with Gasteiger partial charge in [-0.1, -0.05) is 0 Å². The summed E-state index contributed by atoms with van der Waals surface area (Å²) < 4.78 is 39.5. The van der Waals surface area contributed by atoms with E-state index in [0.717, 1.165) is 18.2 Å². The molecule has 0 fully saturated rings. The lowest BCUT2D eigenvalue weighted by Gasteiger charge is -2.10. The Bertz CT molecular complexity index is 811. The SMILES string of the molecule is O=C(O)c1cccnc1NS(=O)(=O)c1ccc(F)cc1Br. The highest BCUT2D eigenvalue weighted by molar-refractivity contribution is 9.10. The van der Waals surface area contributed by atoms with Gasteiger partial charge in [-0.25, -0.2) is 22.6 Å². The predicted octanol–water partition coefficient (Wildman–Crippen LogP) is 2.48. The quantitative estimate of drug-likeness (QED) is 0.856. The minimum atomic E-state index is -4.11. The fourth-order valence-electron chi connectivity index (χ4n) is 1.53. The second kappa shape index (κ2) is 5.78. The molecule has 6 nitrogen and oxygen atoms in total. The Morgan fingerprint density at radius 1 is 1.33 bits per heavy atom. The van der Waals surface area contributed by atoms with Crippen LogP contribution in [0.4, 0.5) is 10.2 Å². The summed E-state index contributed by atoms with van der Waals surface area (Å²) >= 11 is 2.95. The molecule has 21 heavy (non-hydrogen) atoms. The number of carboxylic acid groups (broad SMARTS) is 1. The van der Waals surface area contributed by atoms with Crippen LogP contribution in [0.2, 0.25) is 0 Å². The molecule has 0 saturated carbocycles. The third-order valence-corrected chi connectivity index (χ3v) is 4.77. The molecule has 1 heterocycles. The number of aromatic nitrogens is 1. The molecule has 1 aromatic carbocycles. The number of anilines is 1. The standard InChI is InChI=1S/C12H8BrFN2O4S/c13-9-6-7(14)3-4-10(9)21(19,20)16-11-8(12(17)18)2-1-5-15-11/h1-6H,(H,15,16)(H,17,18). The topological polar surface area (TPSA) is 96.4 Å². The van der Waals surface area contributed by atoms with E-state index in [-0.39, 0.29) is 20.7 Å². The van der Waals surface area contributed by atoms with E-state index < -0.39 is 21.8 Å². The van der Waals surface area contributed by atoms with Gasteiger partial charge in [0, 0.05) is 10.7 Å². The van der Waals surface area contributed by atoms with E-state index in [4.69, 9.17) is 5.11 Å². The number of hydrogen-bond acceptors (Lipinski definition) is 4. The summed E-state index contributed by atoms with van der Waals surface area (Å²) in [6, 6.07) is 5.62. The maximum Gasteiger partial charge on any atom is 0.339 e. The Morgan fingerprint density at radius 3 is 2.67 bits per heavy atom. The van der Waals surface area contributed by atoms with Gasteiger partial charge in [0.2, 0.25) is 0 Å². The largest absolute Gasteiger partial charge is 0.478 e. The molecule has 0 aliphatic heterocycles. The maximum absolute atomic E-state index is 13.0. The summed E-state index contributed by atoms with van der Waals surface area (Å²) in [6.45, 7) is 0. The van der Waals surface area contributed by atoms with Crippen LogP contribution < -0.4 is 4.72 Å². The van der Waals surface area contributed by atoms with Crippen molar-refractivity contribution in [3.8, 4) is 0 Å². The zero-order valence-electron chi connectivity index (χ0n) is 10.2. The molecule has 0 saturated heterocycles. The van der Waals surface area contributed by atoms with Gasteiger partial charge in [0.15, 0.2) is 5.82 Å². The van der Waals surface area contributed by atoms with Gasteiger partial charge < -0.3 is 5.11 Å². The Labute approximate surface area is 127 Å². The smallest absolute Gasteiger partial charge is 0.339 e. The molecule has 2 rings (SSSR count). The lowest BCUT2D eigenvalue weighted by atomic mass is 10.3. The molecule has 0 aliphatic carbocycles. The Balaban J connectivity index is 2.45. The molecule has 1 aromatic heterocycles. The van der Waals surface area contributed by atoms with Crippen LogP contribution in [0.5, 0.6) is 0 Å². The van der Waals surface area contributed by atoms with Gasteiger partial charge in [-0.05, 0) is 46.3 Å². The van der Waals surface area contributed by atoms with Crippen molar-refractivity contribution in [1.82, 2.24) is 4.98 Å². The molecule has 0 unspecified atom stereocenters. The van der Waals surface area contributed by atoms with Crippen molar-refractivity contribution in [1.29, 1.82) is 0 Å². The van der Waals surface area contributed by atoms with Gasteiger partial charge in [-0.2, -0.15) is 0 Å². The van der Waals surface area contributed by atoms with Crippen LogP contribution >= 0.6 is 15.9 Å². The third-order valence-electron chi connectivity index (χ3n) is 2.45. The van der Waals surface area contributed by atoms with Gasteiger partial charge in [0.25, 0.3) is 10.0 Å². The van der Waals surface area contributed by atoms with Gasteiger partial charge in [0.05, 0.1) is 0 Å². The van der Waals surface area contributed by atoms with Crippen LogP contribution in [-0.4, -0.2) is 24.5 Å². The Hall–Kier alpha value is -2.00. The first-order valence-corrected chi connectivity index (χ1v) is 7.75. The number of rotatable bonds is 4. The number of carboxylic acids is 1. The highest BCUT2D eigenvalue weighted by Crippen LogP contribution is 2.25. The van der Waals surface area contributed by atoms with E-state index in [1.54, 1.807) is 0 Å². The monoisotopic (exact) mass is 374 g/mol. The number of hydrogen-bond donors (Lipinski definition) is 2. The lowest BCUT2D eigenvalue weighted by Crippen LogP contribution is -2.17. The first-order chi connectivity index (χ1) is 9.81. The molecule has 0 amide bonds. The van der Waals surface area contributed by atoms with Crippen molar-refractivity contribution in [3.63, 3.8) is 0 Å². The first kappa shape index (κ1) is 15.4. The Kier molecular flexibility index (Phi) is 4.24. The van der Waals surface area contributed by atoms with Crippen LogP contribution in [0.25, 0.3) is 0 Å². The summed E-state index contributed by atoms with van der Waals surface area (Å²) in [7, 11) is -4.11. The van der Waals surface area contributed by atoms with E-state index in [0.29, 0.717) is 0 Å². The second-order valence-electron chi connectivity index (χ2n) is 3.88. The summed E-state index contributed by atoms with van der Waals surface area (Å²) in [5.41, 5.74) is -0.292. The highest BCUT2D eigenvalue weighted by atomic mass is 79.9. The molecule has 0 spiro atoms. The number of carbonyl (C=O) groups is 1. The summed E-state index contributed by atoms with van der Waals surface area (Å²) in [4.78, 5) is 14.5. The number of halogens is 2. The highest BCUT2D eigenvalue weighted by Gasteiger charge is 2.21. The molecular formula is C12H8BrFN2O4S. The van der Waals surface area contributed by atoms with Crippen LogP contribution in [0.3, 0.4) is 0 Å². The molecule has 0 atom stereocenters. The Morgan fingerprint density at radius 2 is 2.05 bits per heavy atom. The number of nitrogens with one attached hydrogen (secondary N) is 1. The summed E-state index contributed by atoms with van der Waals surface area (Å²) in [5, 5.41) is 8.99. The average Bonchev–Trinajstić information content (AvgIpc) is 2.37. The summed E-state index contributed by atoms with van der Waals surface area (Å²) in [6.07, 6.45) is 1.25. The molecule has 2 N–H and O–H groups in total. The van der Waals surface area contributed by atoms with Crippen LogP contribution in [0, 0.1) is 5.82 Å². The second-order valence-corrected chi connectivity index (χ2v) is 6.39. The molecule has 0 aliphatic rings. The average molecular weight is 375 g/mol. The third kappa shape index (κ3) is 3.37.